The largest absolute Gasteiger partial charge is 0.481 e. The summed E-state index contributed by atoms with van der Waals surface area (Å²) in [4.78, 5) is 29.2. The quantitative estimate of drug-likeness (QED) is 0.913. The summed E-state index contributed by atoms with van der Waals surface area (Å²) in [6.07, 6.45) is 5.97. The first-order valence-electron chi connectivity index (χ1n) is 9.31. The molecule has 134 valence electrons. The van der Waals surface area contributed by atoms with Gasteiger partial charge in [0.15, 0.2) is 12.4 Å². The maximum atomic E-state index is 13.2. The summed E-state index contributed by atoms with van der Waals surface area (Å²) >= 11 is 0. The average molecular weight is 343 g/mol. The number of amides is 2. The Labute approximate surface area is 148 Å². The predicted octanol–water partition coefficient (Wildman–Crippen LogP) is 2.11. The predicted molar refractivity (Wildman–Crippen MR) is 94.9 cm³/mol. The molecule has 4 rings (SSSR count). The number of nitrogens with zero attached hydrogens (tertiary/aromatic N) is 2. The number of ether oxygens (including phenoxy) is 1. The van der Waals surface area contributed by atoms with Crippen molar-refractivity contribution in [1.82, 2.24) is 9.80 Å². The number of para-hydroxylation sites is 1. The normalized spacial score (nSPS) is 23.8. The highest BCUT2D eigenvalue weighted by Gasteiger charge is 2.33. The number of carbonyl (C=O) groups excluding carboxylic acids is 2. The van der Waals surface area contributed by atoms with Crippen molar-refractivity contribution in [3.63, 3.8) is 0 Å². The Morgan fingerprint density at radius 3 is 2.84 bits per heavy atom. The zero-order chi connectivity index (χ0) is 17.2. The second-order valence-corrected chi connectivity index (χ2v) is 7.17. The van der Waals surface area contributed by atoms with Gasteiger partial charge < -0.3 is 19.9 Å². The highest BCUT2D eigenvalue weighted by molar-refractivity contribution is 6.03. The minimum absolute atomic E-state index is 0.0208. The summed E-state index contributed by atoms with van der Waals surface area (Å²) in [6.45, 7) is 4.03. The monoisotopic (exact) mass is 343 g/mol. The van der Waals surface area contributed by atoms with E-state index in [1.165, 1.54) is 19.3 Å². The van der Waals surface area contributed by atoms with E-state index in [4.69, 9.17) is 4.74 Å². The van der Waals surface area contributed by atoms with Crippen LogP contribution in [-0.2, 0) is 4.79 Å². The molecule has 3 aliphatic heterocycles. The fourth-order valence-electron chi connectivity index (χ4n) is 4.17. The summed E-state index contributed by atoms with van der Waals surface area (Å²) in [5, 5.41) is 2.78. The average Bonchev–Trinajstić information content (AvgIpc) is 3.09. The molecule has 25 heavy (non-hydrogen) atoms. The topological polar surface area (TPSA) is 61.9 Å². The first kappa shape index (κ1) is 16.4. The Morgan fingerprint density at radius 1 is 1.16 bits per heavy atom. The van der Waals surface area contributed by atoms with Gasteiger partial charge in [-0.3, -0.25) is 9.59 Å². The van der Waals surface area contributed by atoms with Crippen molar-refractivity contribution >= 4 is 17.5 Å². The van der Waals surface area contributed by atoms with Gasteiger partial charge in [-0.05, 0) is 50.9 Å². The lowest BCUT2D eigenvalue weighted by Gasteiger charge is -2.33. The van der Waals surface area contributed by atoms with E-state index in [2.05, 4.69) is 10.2 Å². The fraction of sp³-hybridized carbons (Fsp3) is 0.579. The molecule has 1 unspecified atom stereocenters. The Balaban J connectivity index is 1.52. The van der Waals surface area contributed by atoms with E-state index >= 15 is 0 Å². The van der Waals surface area contributed by atoms with Crippen LogP contribution in [0.2, 0.25) is 0 Å². The van der Waals surface area contributed by atoms with Crippen molar-refractivity contribution in [3.8, 4) is 5.75 Å². The number of piperidine rings is 1. The van der Waals surface area contributed by atoms with Crippen LogP contribution in [0.3, 0.4) is 0 Å². The zero-order valence-corrected chi connectivity index (χ0v) is 14.5. The van der Waals surface area contributed by atoms with Gasteiger partial charge >= 0.3 is 0 Å². The van der Waals surface area contributed by atoms with E-state index in [-0.39, 0.29) is 24.5 Å². The van der Waals surface area contributed by atoms with Gasteiger partial charge in [-0.15, -0.1) is 0 Å². The molecule has 0 radical (unpaired) electrons. The third-order valence-corrected chi connectivity index (χ3v) is 5.42. The van der Waals surface area contributed by atoms with E-state index in [0.29, 0.717) is 17.0 Å². The number of carbonyl (C=O) groups is 2. The molecular formula is C19H25N3O3. The van der Waals surface area contributed by atoms with Gasteiger partial charge in [-0.1, -0.05) is 12.5 Å². The van der Waals surface area contributed by atoms with Crippen LogP contribution in [0.4, 0.5) is 5.69 Å². The third-order valence-electron chi connectivity index (χ3n) is 5.42. The minimum Gasteiger partial charge on any atom is -0.481 e. The molecule has 1 atom stereocenters. The smallest absolute Gasteiger partial charge is 0.262 e. The Kier molecular flexibility index (Phi) is 4.61. The number of benzene rings is 1. The molecule has 6 heteroatoms. The number of rotatable bonds is 3. The van der Waals surface area contributed by atoms with Crippen LogP contribution in [0.15, 0.2) is 18.2 Å². The summed E-state index contributed by atoms with van der Waals surface area (Å²) < 4.78 is 5.56. The SMILES string of the molecule is O=C1COc2c(cccc2C(=O)N2CCCC2CN2CCCCC2)N1. The molecule has 2 saturated heterocycles. The molecular weight excluding hydrogens is 318 g/mol. The van der Waals surface area contributed by atoms with E-state index in [1.54, 1.807) is 18.2 Å². The van der Waals surface area contributed by atoms with E-state index in [1.807, 2.05) is 4.90 Å². The molecule has 1 aromatic rings. The minimum atomic E-state index is -0.179. The van der Waals surface area contributed by atoms with Gasteiger partial charge in [-0.2, -0.15) is 0 Å². The van der Waals surface area contributed by atoms with Crippen molar-refractivity contribution < 1.29 is 14.3 Å². The molecule has 0 spiro atoms. The third kappa shape index (κ3) is 3.35. The molecule has 1 aromatic carbocycles. The highest BCUT2D eigenvalue weighted by atomic mass is 16.5. The van der Waals surface area contributed by atoms with Crippen molar-refractivity contribution in [1.29, 1.82) is 0 Å². The van der Waals surface area contributed by atoms with Crippen LogP contribution in [0.1, 0.15) is 42.5 Å². The van der Waals surface area contributed by atoms with Gasteiger partial charge in [-0.25, -0.2) is 0 Å². The van der Waals surface area contributed by atoms with E-state index in [0.717, 1.165) is 39.0 Å². The molecule has 0 saturated carbocycles. The molecule has 0 aliphatic carbocycles. The number of likely N-dealkylation sites (tertiary alicyclic amines) is 2. The number of fused-ring (bicyclic) bond motifs is 1. The lowest BCUT2D eigenvalue weighted by molar-refractivity contribution is -0.118. The molecule has 6 nitrogen and oxygen atoms in total. The molecule has 2 amide bonds. The van der Waals surface area contributed by atoms with Crippen LogP contribution in [0, 0.1) is 0 Å². The Bertz CT molecular complexity index is 670. The summed E-state index contributed by atoms with van der Waals surface area (Å²) in [6, 6.07) is 5.66. The number of hydrogen-bond donors (Lipinski definition) is 1. The summed E-state index contributed by atoms with van der Waals surface area (Å²) in [7, 11) is 0. The summed E-state index contributed by atoms with van der Waals surface area (Å²) in [5.74, 6) is 0.351. The van der Waals surface area contributed by atoms with Crippen molar-refractivity contribution in [3.05, 3.63) is 23.8 Å². The van der Waals surface area contributed by atoms with E-state index < -0.39 is 0 Å². The lowest BCUT2D eigenvalue weighted by atomic mass is 10.1. The second-order valence-electron chi connectivity index (χ2n) is 7.17. The van der Waals surface area contributed by atoms with Crippen molar-refractivity contribution in [2.75, 3.05) is 38.1 Å². The van der Waals surface area contributed by atoms with Crippen LogP contribution in [0.5, 0.6) is 5.75 Å². The fourth-order valence-corrected chi connectivity index (χ4v) is 4.17. The van der Waals surface area contributed by atoms with Crippen LogP contribution in [0.25, 0.3) is 0 Å². The van der Waals surface area contributed by atoms with Gasteiger partial charge in [0.05, 0.1) is 11.3 Å². The summed E-state index contributed by atoms with van der Waals surface area (Å²) in [5.41, 5.74) is 1.15. The zero-order valence-electron chi connectivity index (χ0n) is 14.5. The van der Waals surface area contributed by atoms with E-state index in [9.17, 15) is 9.59 Å². The van der Waals surface area contributed by atoms with Gasteiger partial charge in [0.1, 0.15) is 0 Å². The first-order valence-corrected chi connectivity index (χ1v) is 9.31. The van der Waals surface area contributed by atoms with Crippen molar-refractivity contribution in [2.45, 2.75) is 38.1 Å². The highest BCUT2D eigenvalue weighted by Crippen LogP contribution is 2.34. The Hall–Kier alpha value is -2.08. The standard InChI is InChI=1S/C19H25N3O3/c23-17-13-25-18-15(7-4-8-16(18)20-17)19(24)22-11-5-6-14(22)12-21-9-2-1-3-10-21/h4,7-8,14H,1-3,5-6,9-13H2,(H,20,23). The van der Waals surface area contributed by atoms with Gasteiger partial charge in [0, 0.05) is 19.1 Å². The second kappa shape index (κ2) is 7.04. The molecule has 0 aromatic heterocycles. The molecule has 3 heterocycles. The van der Waals surface area contributed by atoms with Crippen LogP contribution < -0.4 is 10.1 Å². The molecule has 3 aliphatic rings. The maximum Gasteiger partial charge on any atom is 0.262 e. The molecule has 1 N–H and O–H groups in total. The van der Waals surface area contributed by atoms with Gasteiger partial charge in [0.25, 0.3) is 11.8 Å². The van der Waals surface area contributed by atoms with Crippen molar-refractivity contribution in [2.24, 2.45) is 0 Å². The molecule has 0 bridgehead atoms. The maximum absolute atomic E-state index is 13.2. The van der Waals surface area contributed by atoms with Gasteiger partial charge in [0.2, 0.25) is 0 Å². The first-order chi connectivity index (χ1) is 12.2. The van der Waals surface area contributed by atoms with Crippen LogP contribution in [-0.4, -0.2) is 60.4 Å². The number of anilines is 1. The number of hydrogen-bond acceptors (Lipinski definition) is 4. The lowest BCUT2D eigenvalue weighted by Crippen LogP contribution is -2.45. The molecule has 2 fully saturated rings. The number of nitrogens with one attached hydrogen (secondary N) is 1. The Morgan fingerprint density at radius 2 is 2.00 bits per heavy atom. The van der Waals surface area contributed by atoms with Crippen LogP contribution >= 0.6 is 0 Å².